The second-order valence-corrected chi connectivity index (χ2v) is 4.87. The lowest BCUT2D eigenvalue weighted by Gasteiger charge is -2.31. The number of likely N-dealkylation sites (tertiary alicyclic amines) is 1. The average Bonchev–Trinajstić information content (AvgIpc) is 2.55. The molecule has 1 fully saturated rings. The molecule has 0 aliphatic carbocycles. The summed E-state index contributed by atoms with van der Waals surface area (Å²) >= 11 is 0. The maximum atomic E-state index is 10.9. The van der Waals surface area contributed by atoms with Gasteiger partial charge in [0.1, 0.15) is 0 Å². The summed E-state index contributed by atoms with van der Waals surface area (Å²) in [7, 11) is 0. The van der Waals surface area contributed by atoms with Gasteiger partial charge in [-0.1, -0.05) is 12.8 Å². The Hall–Kier alpha value is -1.10. The fourth-order valence-electron chi connectivity index (χ4n) is 2.65. The van der Waals surface area contributed by atoms with Crippen molar-refractivity contribution in [3.05, 3.63) is 0 Å². The third kappa shape index (κ3) is 4.64. The predicted octanol–water partition coefficient (Wildman–Crippen LogP) is 2.21. The van der Waals surface area contributed by atoms with Gasteiger partial charge in [-0.15, -0.1) is 0 Å². The molecule has 0 amide bonds. The number of nitrogens with zero attached hydrogens (tertiary/aromatic N) is 1. The standard InChI is InChI=1S/C13H25N3O2/c1-2-16-11(7-3-5-9-12(16)14)8-4-6-10-13(17)18-15/h11,14H,2-10,15H2,1H3. The number of amidine groups is 1. The first-order valence-corrected chi connectivity index (χ1v) is 6.92. The Labute approximate surface area is 109 Å². The normalized spacial score (nSPS) is 20.7. The van der Waals surface area contributed by atoms with E-state index in [-0.39, 0.29) is 5.97 Å². The molecule has 1 atom stereocenters. The lowest BCUT2D eigenvalue weighted by atomic mass is 10.0. The lowest BCUT2D eigenvalue weighted by molar-refractivity contribution is -0.144. The molecule has 1 heterocycles. The fourth-order valence-corrected chi connectivity index (χ4v) is 2.65. The van der Waals surface area contributed by atoms with E-state index in [9.17, 15) is 4.79 Å². The van der Waals surface area contributed by atoms with Gasteiger partial charge >= 0.3 is 5.97 Å². The van der Waals surface area contributed by atoms with Gasteiger partial charge in [-0.25, -0.2) is 0 Å². The average molecular weight is 255 g/mol. The van der Waals surface area contributed by atoms with Crippen LogP contribution in [0.3, 0.4) is 0 Å². The van der Waals surface area contributed by atoms with Gasteiger partial charge in [-0.2, -0.15) is 5.90 Å². The Bertz CT molecular complexity index is 281. The number of carbonyl (C=O) groups is 1. The molecule has 0 aromatic carbocycles. The highest BCUT2D eigenvalue weighted by molar-refractivity contribution is 5.79. The quantitative estimate of drug-likeness (QED) is 0.563. The third-order valence-electron chi connectivity index (χ3n) is 3.63. The summed E-state index contributed by atoms with van der Waals surface area (Å²) in [6.07, 6.45) is 7.66. The topological polar surface area (TPSA) is 79.4 Å². The zero-order valence-corrected chi connectivity index (χ0v) is 11.3. The monoisotopic (exact) mass is 255 g/mol. The van der Waals surface area contributed by atoms with E-state index in [0.29, 0.717) is 12.5 Å². The van der Waals surface area contributed by atoms with Crippen LogP contribution in [0, 0.1) is 5.41 Å². The van der Waals surface area contributed by atoms with Gasteiger partial charge in [0.2, 0.25) is 0 Å². The van der Waals surface area contributed by atoms with Crippen LogP contribution in [0.25, 0.3) is 0 Å². The van der Waals surface area contributed by atoms with Crippen LogP contribution in [-0.2, 0) is 9.63 Å². The summed E-state index contributed by atoms with van der Waals surface area (Å²) in [6, 6.07) is 0.471. The highest BCUT2D eigenvalue weighted by Crippen LogP contribution is 2.22. The van der Waals surface area contributed by atoms with Crippen LogP contribution < -0.4 is 5.90 Å². The molecule has 0 radical (unpaired) electrons. The highest BCUT2D eigenvalue weighted by Gasteiger charge is 2.22. The maximum Gasteiger partial charge on any atom is 0.324 e. The molecule has 3 N–H and O–H groups in total. The SMILES string of the molecule is CCN1C(=N)CCCCC1CCCCC(=O)ON. The number of nitrogens with two attached hydrogens (primary N) is 1. The number of nitrogens with one attached hydrogen (secondary N) is 1. The van der Waals surface area contributed by atoms with E-state index in [1.165, 1.54) is 6.42 Å². The second kappa shape index (κ2) is 8.08. The van der Waals surface area contributed by atoms with Gasteiger partial charge in [-0.3, -0.25) is 10.2 Å². The molecule has 1 aliphatic heterocycles. The minimum atomic E-state index is -0.337. The number of carbonyl (C=O) groups excluding carboxylic acids is 1. The molecular weight excluding hydrogens is 230 g/mol. The van der Waals surface area contributed by atoms with Crippen molar-refractivity contribution in [1.29, 1.82) is 5.41 Å². The Kier molecular flexibility index (Phi) is 6.72. The smallest absolute Gasteiger partial charge is 0.324 e. The first-order chi connectivity index (χ1) is 8.69. The van der Waals surface area contributed by atoms with Crippen LogP contribution in [0.2, 0.25) is 0 Å². The van der Waals surface area contributed by atoms with Crippen molar-refractivity contribution >= 4 is 11.8 Å². The molecular formula is C13H25N3O2. The number of hydrogen-bond donors (Lipinski definition) is 2. The van der Waals surface area contributed by atoms with Crippen LogP contribution in [0.1, 0.15) is 58.3 Å². The maximum absolute atomic E-state index is 10.9. The molecule has 0 aromatic rings. The zero-order chi connectivity index (χ0) is 13.4. The number of unbranched alkanes of at least 4 members (excludes halogenated alkanes) is 1. The minimum absolute atomic E-state index is 0.337. The van der Waals surface area contributed by atoms with Crippen molar-refractivity contribution in [1.82, 2.24) is 4.90 Å². The summed E-state index contributed by atoms with van der Waals surface area (Å²) in [4.78, 5) is 17.3. The van der Waals surface area contributed by atoms with E-state index in [0.717, 1.165) is 50.9 Å². The molecule has 0 aromatic heterocycles. The molecule has 18 heavy (non-hydrogen) atoms. The molecule has 0 spiro atoms. The Morgan fingerprint density at radius 3 is 2.94 bits per heavy atom. The van der Waals surface area contributed by atoms with Gasteiger partial charge in [0, 0.05) is 25.4 Å². The van der Waals surface area contributed by atoms with Crippen LogP contribution in [0.4, 0.5) is 0 Å². The van der Waals surface area contributed by atoms with Gasteiger partial charge in [0.25, 0.3) is 0 Å². The molecule has 5 nitrogen and oxygen atoms in total. The van der Waals surface area contributed by atoms with Crippen molar-refractivity contribution in [3.8, 4) is 0 Å². The fraction of sp³-hybridized carbons (Fsp3) is 0.846. The van der Waals surface area contributed by atoms with Crippen molar-refractivity contribution < 1.29 is 9.63 Å². The van der Waals surface area contributed by atoms with Gasteiger partial charge in [0.05, 0.1) is 5.84 Å². The van der Waals surface area contributed by atoms with E-state index in [4.69, 9.17) is 11.3 Å². The molecule has 1 unspecified atom stereocenters. The van der Waals surface area contributed by atoms with Crippen LogP contribution >= 0.6 is 0 Å². The van der Waals surface area contributed by atoms with Crippen molar-refractivity contribution in [2.45, 2.75) is 64.3 Å². The first kappa shape index (κ1) is 15.0. The van der Waals surface area contributed by atoms with E-state index in [1.807, 2.05) is 0 Å². The van der Waals surface area contributed by atoms with Crippen LogP contribution in [0.5, 0.6) is 0 Å². The van der Waals surface area contributed by atoms with E-state index in [2.05, 4.69) is 16.7 Å². The minimum Gasteiger partial charge on any atom is -0.373 e. The van der Waals surface area contributed by atoms with Crippen molar-refractivity contribution in [2.75, 3.05) is 6.54 Å². The van der Waals surface area contributed by atoms with Crippen LogP contribution in [0.15, 0.2) is 0 Å². The van der Waals surface area contributed by atoms with E-state index in [1.54, 1.807) is 0 Å². The summed E-state index contributed by atoms with van der Waals surface area (Å²) in [5.41, 5.74) is 0. The summed E-state index contributed by atoms with van der Waals surface area (Å²) in [6.45, 7) is 3.02. The summed E-state index contributed by atoms with van der Waals surface area (Å²) in [5.74, 6) is 5.24. The van der Waals surface area contributed by atoms with E-state index >= 15 is 0 Å². The number of hydrogen-bond acceptors (Lipinski definition) is 4. The van der Waals surface area contributed by atoms with Gasteiger partial charge < -0.3 is 9.74 Å². The van der Waals surface area contributed by atoms with Crippen LogP contribution in [-0.4, -0.2) is 29.3 Å². The van der Waals surface area contributed by atoms with E-state index < -0.39 is 0 Å². The predicted molar refractivity (Wildman–Crippen MR) is 71.1 cm³/mol. The van der Waals surface area contributed by atoms with Crippen molar-refractivity contribution in [3.63, 3.8) is 0 Å². The Balaban J connectivity index is 2.33. The highest BCUT2D eigenvalue weighted by atomic mass is 16.7. The second-order valence-electron chi connectivity index (χ2n) is 4.87. The third-order valence-corrected chi connectivity index (χ3v) is 3.63. The van der Waals surface area contributed by atoms with Gasteiger partial charge in [-0.05, 0) is 32.6 Å². The summed E-state index contributed by atoms with van der Waals surface area (Å²) < 4.78 is 0. The number of rotatable bonds is 6. The molecule has 0 saturated carbocycles. The summed E-state index contributed by atoms with van der Waals surface area (Å²) in [5, 5.41) is 8.03. The molecule has 1 aliphatic rings. The molecule has 1 saturated heterocycles. The zero-order valence-electron chi connectivity index (χ0n) is 11.3. The first-order valence-electron chi connectivity index (χ1n) is 6.92. The lowest BCUT2D eigenvalue weighted by Crippen LogP contribution is -2.38. The molecule has 1 rings (SSSR count). The molecule has 5 heteroatoms. The van der Waals surface area contributed by atoms with Crippen molar-refractivity contribution in [2.24, 2.45) is 5.90 Å². The largest absolute Gasteiger partial charge is 0.373 e. The molecule has 0 bridgehead atoms. The van der Waals surface area contributed by atoms with Gasteiger partial charge in [0.15, 0.2) is 0 Å². The molecule has 104 valence electrons. The Morgan fingerprint density at radius 1 is 1.50 bits per heavy atom. The Morgan fingerprint density at radius 2 is 2.28 bits per heavy atom.